The average Bonchev–Trinajstić information content (AvgIpc) is 3.07. The number of rotatable bonds is 5. The maximum atomic E-state index is 12.0. The van der Waals surface area contributed by atoms with E-state index < -0.39 is 4.92 Å². The van der Waals surface area contributed by atoms with Gasteiger partial charge in [-0.25, -0.2) is 0 Å². The number of hydrogen-bond acceptors (Lipinski definition) is 4. The molecule has 1 heterocycles. The molecular weight excluding hydrogens is 298 g/mol. The zero-order valence-corrected chi connectivity index (χ0v) is 13.0. The molecular formula is C16H19N3O4. The van der Waals surface area contributed by atoms with Crippen LogP contribution in [0.15, 0.2) is 30.3 Å². The number of carbonyl (C=O) groups excluding carboxylic acids is 2. The van der Waals surface area contributed by atoms with Gasteiger partial charge in [-0.3, -0.25) is 19.7 Å². The molecule has 0 unspecified atom stereocenters. The van der Waals surface area contributed by atoms with E-state index in [1.807, 2.05) is 0 Å². The number of hydrogen-bond donors (Lipinski definition) is 0. The third kappa shape index (κ3) is 4.64. The van der Waals surface area contributed by atoms with Crippen molar-refractivity contribution >= 4 is 23.6 Å². The summed E-state index contributed by atoms with van der Waals surface area (Å²) in [6.07, 6.45) is 4.84. The van der Waals surface area contributed by atoms with Crippen molar-refractivity contribution in [3.05, 3.63) is 46.0 Å². The van der Waals surface area contributed by atoms with Gasteiger partial charge in [0.25, 0.3) is 5.69 Å². The molecule has 1 aromatic rings. The number of carbonyl (C=O) groups is 2. The van der Waals surface area contributed by atoms with Crippen LogP contribution in [0.25, 0.3) is 6.08 Å². The lowest BCUT2D eigenvalue weighted by Crippen LogP contribution is -2.39. The lowest BCUT2D eigenvalue weighted by atomic mass is 10.2. The first-order chi connectivity index (χ1) is 11.0. The fraction of sp³-hybridized carbons (Fsp3) is 0.375. The van der Waals surface area contributed by atoms with Crippen molar-refractivity contribution in [3.63, 3.8) is 0 Å². The van der Waals surface area contributed by atoms with Crippen LogP contribution in [0.5, 0.6) is 0 Å². The van der Waals surface area contributed by atoms with Crippen molar-refractivity contribution in [2.24, 2.45) is 0 Å². The van der Waals surface area contributed by atoms with Gasteiger partial charge in [0.1, 0.15) is 0 Å². The molecule has 23 heavy (non-hydrogen) atoms. The first kappa shape index (κ1) is 16.7. The lowest BCUT2D eigenvalue weighted by molar-refractivity contribution is -0.384. The van der Waals surface area contributed by atoms with Crippen LogP contribution >= 0.6 is 0 Å². The Morgan fingerprint density at radius 2 is 2.04 bits per heavy atom. The normalized spacial score (nSPS) is 14.2. The van der Waals surface area contributed by atoms with Gasteiger partial charge < -0.3 is 9.80 Å². The summed E-state index contributed by atoms with van der Waals surface area (Å²) in [6.45, 7) is 1.55. The highest BCUT2D eigenvalue weighted by atomic mass is 16.6. The van der Waals surface area contributed by atoms with Gasteiger partial charge in [-0.1, -0.05) is 12.1 Å². The van der Waals surface area contributed by atoms with Crippen LogP contribution in [-0.2, 0) is 9.59 Å². The maximum Gasteiger partial charge on any atom is 0.270 e. The molecule has 0 N–H and O–H groups in total. The van der Waals surface area contributed by atoms with E-state index >= 15 is 0 Å². The Kier molecular flexibility index (Phi) is 5.46. The minimum Gasteiger partial charge on any atom is -0.341 e. The summed E-state index contributed by atoms with van der Waals surface area (Å²) < 4.78 is 0. The number of nitrogens with zero attached hydrogens (tertiary/aromatic N) is 3. The molecule has 7 nitrogen and oxygen atoms in total. The maximum absolute atomic E-state index is 12.0. The van der Waals surface area contributed by atoms with Gasteiger partial charge in [0.05, 0.1) is 11.5 Å². The van der Waals surface area contributed by atoms with Gasteiger partial charge in [0.2, 0.25) is 11.8 Å². The summed E-state index contributed by atoms with van der Waals surface area (Å²) in [5.41, 5.74) is 0.531. The van der Waals surface area contributed by atoms with Crippen LogP contribution in [0.2, 0.25) is 0 Å². The number of likely N-dealkylation sites (N-methyl/N-ethyl adjacent to an activating group) is 1. The Balaban J connectivity index is 1.93. The smallest absolute Gasteiger partial charge is 0.270 e. The second kappa shape index (κ2) is 7.53. The standard InChI is InChI=1S/C16H19N3O4/c1-17(12-16(21)18-9-2-3-10-18)15(20)8-7-13-5-4-6-14(11-13)19(22)23/h4-8,11H,2-3,9-10,12H2,1H3/b8-7+. The summed E-state index contributed by atoms with van der Waals surface area (Å²) in [5.74, 6) is -0.369. The molecule has 7 heteroatoms. The van der Waals surface area contributed by atoms with Gasteiger partial charge >= 0.3 is 0 Å². The number of benzene rings is 1. The van der Waals surface area contributed by atoms with E-state index in [4.69, 9.17) is 0 Å². The first-order valence-corrected chi connectivity index (χ1v) is 7.43. The molecule has 0 aromatic heterocycles. The third-order valence-electron chi connectivity index (χ3n) is 3.71. The minimum atomic E-state index is -0.486. The van der Waals surface area contributed by atoms with Crippen molar-refractivity contribution < 1.29 is 14.5 Å². The van der Waals surface area contributed by atoms with E-state index in [9.17, 15) is 19.7 Å². The molecule has 122 valence electrons. The topological polar surface area (TPSA) is 83.8 Å². The average molecular weight is 317 g/mol. The van der Waals surface area contributed by atoms with Crippen molar-refractivity contribution in [2.45, 2.75) is 12.8 Å². The van der Waals surface area contributed by atoms with Crippen LogP contribution < -0.4 is 0 Å². The first-order valence-electron chi connectivity index (χ1n) is 7.43. The fourth-order valence-electron chi connectivity index (χ4n) is 2.38. The zero-order valence-electron chi connectivity index (χ0n) is 13.0. The van der Waals surface area contributed by atoms with Gasteiger partial charge in [-0.2, -0.15) is 0 Å². The van der Waals surface area contributed by atoms with Crippen LogP contribution in [0.1, 0.15) is 18.4 Å². The van der Waals surface area contributed by atoms with Gasteiger partial charge in [0, 0.05) is 38.3 Å². The summed E-state index contributed by atoms with van der Waals surface area (Å²) in [6, 6.07) is 6.01. The fourth-order valence-corrected chi connectivity index (χ4v) is 2.38. The molecule has 1 fully saturated rings. The Morgan fingerprint density at radius 1 is 1.35 bits per heavy atom. The SMILES string of the molecule is CN(CC(=O)N1CCCC1)C(=O)/C=C/c1cccc([N+](=O)[O-])c1. The van der Waals surface area contributed by atoms with Crippen LogP contribution in [0.3, 0.4) is 0 Å². The predicted molar refractivity (Wildman–Crippen MR) is 85.6 cm³/mol. The van der Waals surface area contributed by atoms with Crippen molar-refractivity contribution in [3.8, 4) is 0 Å². The molecule has 2 rings (SSSR count). The van der Waals surface area contributed by atoms with E-state index in [-0.39, 0.29) is 24.0 Å². The van der Waals surface area contributed by atoms with Gasteiger partial charge in [0.15, 0.2) is 0 Å². The highest BCUT2D eigenvalue weighted by molar-refractivity contribution is 5.94. The predicted octanol–water partition coefficient (Wildman–Crippen LogP) is 1.69. The van der Waals surface area contributed by atoms with Crippen LogP contribution in [0, 0.1) is 10.1 Å². The quantitative estimate of drug-likeness (QED) is 0.470. The zero-order chi connectivity index (χ0) is 16.8. The Morgan fingerprint density at radius 3 is 2.70 bits per heavy atom. The second-order valence-corrected chi connectivity index (χ2v) is 5.47. The second-order valence-electron chi connectivity index (χ2n) is 5.47. The van der Waals surface area contributed by atoms with E-state index in [0.717, 1.165) is 25.9 Å². The van der Waals surface area contributed by atoms with E-state index in [1.54, 1.807) is 24.1 Å². The summed E-state index contributed by atoms with van der Waals surface area (Å²) in [4.78, 5) is 37.3. The Bertz CT molecular complexity index is 636. The van der Waals surface area contributed by atoms with Crippen molar-refractivity contribution in [1.29, 1.82) is 0 Å². The Hall–Kier alpha value is -2.70. The molecule has 0 saturated carbocycles. The third-order valence-corrected chi connectivity index (χ3v) is 3.71. The molecule has 0 spiro atoms. The molecule has 2 amide bonds. The lowest BCUT2D eigenvalue weighted by Gasteiger charge is -2.20. The number of nitro benzene ring substituents is 1. The molecule has 1 saturated heterocycles. The monoisotopic (exact) mass is 317 g/mol. The number of nitro groups is 1. The van der Waals surface area contributed by atoms with Crippen molar-refractivity contribution in [2.75, 3.05) is 26.7 Å². The molecule has 0 aliphatic carbocycles. The van der Waals surface area contributed by atoms with Gasteiger partial charge in [-0.15, -0.1) is 0 Å². The van der Waals surface area contributed by atoms with E-state index in [1.165, 1.54) is 29.2 Å². The molecule has 1 aliphatic rings. The van der Waals surface area contributed by atoms with Gasteiger partial charge in [-0.05, 0) is 24.5 Å². The largest absolute Gasteiger partial charge is 0.341 e. The van der Waals surface area contributed by atoms with Crippen LogP contribution in [-0.4, -0.2) is 53.2 Å². The van der Waals surface area contributed by atoms with Crippen LogP contribution in [0.4, 0.5) is 5.69 Å². The minimum absolute atomic E-state index is 0.0304. The molecule has 0 atom stereocenters. The highest BCUT2D eigenvalue weighted by Crippen LogP contribution is 2.14. The van der Waals surface area contributed by atoms with E-state index in [2.05, 4.69) is 0 Å². The highest BCUT2D eigenvalue weighted by Gasteiger charge is 2.20. The molecule has 0 radical (unpaired) electrons. The van der Waals surface area contributed by atoms with Crippen molar-refractivity contribution in [1.82, 2.24) is 9.80 Å². The molecule has 0 bridgehead atoms. The summed E-state index contributed by atoms with van der Waals surface area (Å²) in [7, 11) is 1.56. The Labute approximate surface area is 134 Å². The summed E-state index contributed by atoms with van der Waals surface area (Å²) >= 11 is 0. The number of amides is 2. The molecule has 1 aliphatic heterocycles. The number of non-ortho nitro benzene ring substituents is 1. The summed E-state index contributed by atoms with van der Waals surface area (Å²) in [5, 5.41) is 10.7. The molecule has 1 aromatic carbocycles. The number of likely N-dealkylation sites (tertiary alicyclic amines) is 1. The van der Waals surface area contributed by atoms with E-state index in [0.29, 0.717) is 5.56 Å².